The third-order valence-corrected chi connectivity index (χ3v) is 7.32. The van der Waals surface area contributed by atoms with Crippen LogP contribution in [-0.4, -0.2) is 26.3 Å². The van der Waals surface area contributed by atoms with E-state index in [0.717, 1.165) is 22.4 Å². The molecule has 4 aromatic rings. The lowest BCUT2D eigenvalue weighted by atomic mass is 9.79. The third kappa shape index (κ3) is 2.94. The highest BCUT2D eigenvalue weighted by Crippen LogP contribution is 2.47. The molecule has 0 aliphatic carbocycles. The van der Waals surface area contributed by atoms with Crippen molar-refractivity contribution < 1.29 is 9.53 Å². The molecule has 0 saturated heterocycles. The summed E-state index contributed by atoms with van der Waals surface area (Å²) in [6, 6.07) is 16.9. The van der Waals surface area contributed by atoms with Crippen molar-refractivity contribution in [2.75, 3.05) is 0 Å². The largest absolute Gasteiger partial charge is 0.465 e. The van der Waals surface area contributed by atoms with E-state index in [4.69, 9.17) is 9.73 Å². The van der Waals surface area contributed by atoms with E-state index in [1.807, 2.05) is 67.6 Å². The molecule has 0 radical (unpaired) electrons. The van der Waals surface area contributed by atoms with Gasteiger partial charge < -0.3 is 4.74 Å². The summed E-state index contributed by atoms with van der Waals surface area (Å²) in [7, 11) is 0. The van der Waals surface area contributed by atoms with Gasteiger partial charge in [-0.05, 0) is 26.0 Å². The molecular weight excluding hydrogens is 436 g/mol. The molecule has 2 aliphatic rings. The third-order valence-electron chi connectivity index (χ3n) is 6.34. The van der Waals surface area contributed by atoms with Crippen molar-refractivity contribution in [2.45, 2.75) is 25.6 Å². The molecular formula is C25H20N4O3S. The predicted molar refractivity (Wildman–Crippen MR) is 125 cm³/mol. The van der Waals surface area contributed by atoms with Crippen LogP contribution >= 0.6 is 11.3 Å². The topological polar surface area (TPSA) is 89.3 Å². The Morgan fingerprint density at radius 2 is 1.94 bits per heavy atom. The molecule has 2 unspecified atom stereocenters. The summed E-state index contributed by atoms with van der Waals surface area (Å²) >= 11 is 1.30. The predicted octanol–water partition coefficient (Wildman–Crippen LogP) is 2.67. The molecule has 3 atom stereocenters. The smallest absolute Gasteiger partial charge is 0.270 e. The Morgan fingerprint density at radius 3 is 2.73 bits per heavy atom. The van der Waals surface area contributed by atoms with Gasteiger partial charge in [-0.2, -0.15) is 5.10 Å². The molecule has 0 amide bonds. The van der Waals surface area contributed by atoms with Gasteiger partial charge >= 0.3 is 0 Å². The van der Waals surface area contributed by atoms with Gasteiger partial charge in [0.05, 0.1) is 22.5 Å². The van der Waals surface area contributed by atoms with Crippen molar-refractivity contribution in [1.82, 2.24) is 14.8 Å². The van der Waals surface area contributed by atoms with Crippen LogP contribution in [0.1, 0.15) is 31.0 Å². The van der Waals surface area contributed by atoms with Crippen molar-refractivity contribution in [3.63, 3.8) is 0 Å². The number of H-pyrrole nitrogens is 1. The first-order valence-corrected chi connectivity index (χ1v) is 11.5. The fraction of sp³-hybridized carbons (Fsp3) is 0.200. The van der Waals surface area contributed by atoms with Crippen LogP contribution in [-0.2, 0) is 4.79 Å². The van der Waals surface area contributed by atoms with E-state index in [2.05, 4.69) is 10.2 Å². The zero-order chi connectivity index (χ0) is 22.7. The van der Waals surface area contributed by atoms with E-state index in [1.54, 1.807) is 10.8 Å². The second-order valence-electron chi connectivity index (χ2n) is 8.47. The summed E-state index contributed by atoms with van der Waals surface area (Å²) < 4.78 is 8.42. The fourth-order valence-electron chi connectivity index (χ4n) is 4.94. The Morgan fingerprint density at radius 1 is 1.18 bits per heavy atom. The number of ether oxygens (including phenoxy) is 1. The number of carbonyl (C=O) groups is 1. The monoisotopic (exact) mass is 456 g/mol. The van der Waals surface area contributed by atoms with E-state index in [9.17, 15) is 9.59 Å². The van der Waals surface area contributed by atoms with Gasteiger partial charge in [0.15, 0.2) is 4.80 Å². The van der Waals surface area contributed by atoms with Crippen LogP contribution in [0.25, 0.3) is 17.3 Å². The summed E-state index contributed by atoms with van der Waals surface area (Å²) in [6.45, 7) is 3.36. The molecule has 164 valence electrons. The van der Waals surface area contributed by atoms with Crippen LogP contribution in [0.4, 0.5) is 0 Å². The standard InChI is InChI=1S/C25H20N4O3S/c1-14(30)20-22-17-10-6-7-11-18(17)32-25(20,2)27-24-29(22)23(31)19(33-24)12-16-13-26-28-21(16)15-8-4-3-5-9-15/h3-13,20,22H,1-2H3,(H,26,28)/b19-12-/t20?,22?,25-/m1/s1. The molecule has 0 fully saturated rings. The van der Waals surface area contributed by atoms with Gasteiger partial charge in [0.25, 0.3) is 5.56 Å². The Kier molecular flexibility index (Phi) is 4.28. The van der Waals surface area contributed by atoms with Crippen molar-refractivity contribution >= 4 is 23.2 Å². The first-order valence-electron chi connectivity index (χ1n) is 10.7. The van der Waals surface area contributed by atoms with Crippen molar-refractivity contribution in [1.29, 1.82) is 0 Å². The maximum Gasteiger partial charge on any atom is 0.270 e. The number of rotatable bonds is 3. The zero-order valence-electron chi connectivity index (χ0n) is 18.0. The summed E-state index contributed by atoms with van der Waals surface area (Å²) in [5.74, 6) is 0.00631. The van der Waals surface area contributed by atoms with Gasteiger partial charge in [-0.1, -0.05) is 59.9 Å². The normalized spacial score (nSPS) is 23.3. The van der Waals surface area contributed by atoms with Crippen LogP contribution in [0.5, 0.6) is 5.75 Å². The van der Waals surface area contributed by atoms with Crippen molar-refractivity contribution in [3.8, 4) is 17.0 Å². The fourth-order valence-corrected chi connectivity index (χ4v) is 6.03. The Bertz CT molecular complexity index is 1580. The number of Topliss-reactive ketones (excluding diaryl/α,β-unsaturated/α-hetero) is 1. The van der Waals surface area contributed by atoms with Gasteiger partial charge in [-0.25, -0.2) is 4.99 Å². The summed E-state index contributed by atoms with van der Waals surface area (Å²) in [6.07, 6.45) is 3.54. The van der Waals surface area contributed by atoms with E-state index in [0.29, 0.717) is 15.1 Å². The SMILES string of the molecule is CC(=O)C1C2c3ccccc3O[C@@]1(C)N=c1s/c(=C\c3cn[nH]c3-c3ccccc3)c(=O)n12. The number of ketones is 1. The van der Waals surface area contributed by atoms with Crippen LogP contribution in [0.2, 0.25) is 0 Å². The van der Waals surface area contributed by atoms with E-state index < -0.39 is 17.7 Å². The van der Waals surface area contributed by atoms with Gasteiger partial charge in [-0.15, -0.1) is 0 Å². The zero-order valence-corrected chi connectivity index (χ0v) is 18.8. The number of para-hydroxylation sites is 1. The summed E-state index contributed by atoms with van der Waals surface area (Å²) in [5, 5.41) is 7.21. The molecule has 2 aromatic carbocycles. The van der Waals surface area contributed by atoms with E-state index >= 15 is 0 Å². The minimum absolute atomic E-state index is 0.0590. The second kappa shape index (κ2) is 7.11. The lowest BCUT2D eigenvalue weighted by molar-refractivity contribution is -0.132. The van der Waals surface area contributed by atoms with Crippen LogP contribution in [0, 0.1) is 5.92 Å². The number of aromatic amines is 1. The number of nitrogens with one attached hydrogen (secondary N) is 1. The van der Waals surface area contributed by atoms with Gasteiger partial charge in [0.1, 0.15) is 17.5 Å². The Hall–Kier alpha value is -3.78. The number of thiazole rings is 1. The lowest BCUT2D eigenvalue weighted by Gasteiger charge is -2.45. The highest BCUT2D eigenvalue weighted by molar-refractivity contribution is 7.07. The Labute approximate surface area is 192 Å². The number of carbonyl (C=O) groups excluding carboxylic acids is 1. The highest BCUT2D eigenvalue weighted by Gasteiger charge is 2.53. The van der Waals surface area contributed by atoms with E-state index in [-0.39, 0.29) is 11.3 Å². The molecule has 2 aliphatic heterocycles. The molecule has 1 N–H and O–H groups in total. The highest BCUT2D eigenvalue weighted by atomic mass is 32.1. The minimum atomic E-state index is -1.07. The molecule has 33 heavy (non-hydrogen) atoms. The molecule has 0 saturated carbocycles. The number of nitrogens with zero attached hydrogens (tertiary/aromatic N) is 3. The molecule has 7 nitrogen and oxygen atoms in total. The maximum atomic E-state index is 13.7. The van der Waals surface area contributed by atoms with Crippen LogP contribution < -0.4 is 19.6 Å². The summed E-state index contributed by atoms with van der Waals surface area (Å²) in [5.41, 5.74) is 2.22. The number of hydrogen-bond acceptors (Lipinski definition) is 6. The molecule has 6 rings (SSSR count). The lowest BCUT2D eigenvalue weighted by Crippen LogP contribution is -2.58. The average molecular weight is 457 g/mol. The summed E-state index contributed by atoms with van der Waals surface area (Å²) in [4.78, 5) is 31.7. The average Bonchev–Trinajstić information content (AvgIpc) is 3.37. The Balaban J connectivity index is 1.59. The van der Waals surface area contributed by atoms with Gasteiger partial charge in [-0.3, -0.25) is 19.3 Å². The number of benzene rings is 2. The first-order chi connectivity index (χ1) is 16.0. The molecule has 8 heteroatoms. The quantitative estimate of drug-likeness (QED) is 0.513. The van der Waals surface area contributed by atoms with Crippen molar-refractivity contribution in [2.24, 2.45) is 10.9 Å². The maximum absolute atomic E-state index is 13.7. The minimum Gasteiger partial charge on any atom is -0.465 e. The van der Waals surface area contributed by atoms with Crippen LogP contribution in [0.3, 0.4) is 0 Å². The molecule has 2 aromatic heterocycles. The number of fused-ring (bicyclic) bond motifs is 6. The molecule has 4 heterocycles. The molecule has 0 spiro atoms. The van der Waals surface area contributed by atoms with Crippen LogP contribution in [0.15, 0.2) is 70.6 Å². The first kappa shape index (κ1) is 19.9. The molecule has 2 bridgehead atoms. The van der Waals surface area contributed by atoms with Gasteiger partial charge in [0.2, 0.25) is 5.72 Å². The van der Waals surface area contributed by atoms with Crippen molar-refractivity contribution in [3.05, 3.63) is 91.6 Å². The van der Waals surface area contributed by atoms with E-state index in [1.165, 1.54) is 18.3 Å². The second-order valence-corrected chi connectivity index (χ2v) is 9.48. The van der Waals surface area contributed by atoms with Gasteiger partial charge in [0, 0.05) is 16.7 Å². The number of aromatic nitrogens is 3. The number of hydrogen-bond donors (Lipinski definition) is 1.